The smallest absolute Gasteiger partial charge is 0.265 e. The van der Waals surface area contributed by atoms with Gasteiger partial charge in [0.2, 0.25) is 0 Å². The average molecular weight is 408 g/mol. The third-order valence-electron chi connectivity index (χ3n) is 2.44. The minimum Gasteiger partial charge on any atom is -0.265 e. The van der Waals surface area contributed by atoms with Crippen LogP contribution in [0.2, 0.25) is 0 Å². The van der Waals surface area contributed by atoms with E-state index in [9.17, 15) is 24.7 Å². The zero-order chi connectivity index (χ0) is 15.1. The van der Waals surface area contributed by atoms with Crippen molar-refractivity contribution in [3.05, 3.63) is 27.3 Å². The third-order valence-corrected chi connectivity index (χ3v) is 6.75. The Morgan fingerprint density at radius 2 is 1.63 bits per heavy atom. The first-order chi connectivity index (χ1) is 8.41. The summed E-state index contributed by atoms with van der Waals surface area (Å²) < 4.78 is 72.1. The highest BCUT2D eigenvalue weighted by Crippen LogP contribution is 2.35. The van der Waals surface area contributed by atoms with Gasteiger partial charge in [-0.3, -0.25) is 3.07 Å². The summed E-state index contributed by atoms with van der Waals surface area (Å²) in [6.45, 7) is 4.15. The van der Waals surface area contributed by atoms with E-state index >= 15 is 0 Å². The van der Waals surface area contributed by atoms with Crippen molar-refractivity contribution in [2.45, 2.75) is 36.6 Å². The Labute approximate surface area is 119 Å². The van der Waals surface area contributed by atoms with Gasteiger partial charge in [0.15, 0.2) is 31.0 Å². The summed E-state index contributed by atoms with van der Waals surface area (Å²) in [5, 5.41) is 0. The molecular formula is C11H12F3IO3S. The van der Waals surface area contributed by atoms with Gasteiger partial charge in [0, 0.05) is 0 Å². The van der Waals surface area contributed by atoms with E-state index in [1.54, 1.807) is 0 Å². The average Bonchev–Trinajstić information content (AvgIpc) is 2.25. The van der Waals surface area contributed by atoms with E-state index in [0.29, 0.717) is 6.07 Å². The van der Waals surface area contributed by atoms with E-state index in [1.807, 2.05) is 0 Å². The van der Waals surface area contributed by atoms with Crippen molar-refractivity contribution >= 4 is 31.0 Å². The van der Waals surface area contributed by atoms with Crippen LogP contribution in [0.5, 0.6) is 0 Å². The van der Waals surface area contributed by atoms with Gasteiger partial charge >= 0.3 is 6.18 Å². The predicted octanol–water partition coefficient (Wildman–Crippen LogP) is 3.76. The Kier molecular flexibility index (Phi) is 4.45. The number of alkyl halides is 3. The highest BCUT2D eigenvalue weighted by Gasteiger charge is 2.37. The van der Waals surface area contributed by atoms with Crippen molar-refractivity contribution in [3.8, 4) is 0 Å². The maximum atomic E-state index is 12.6. The normalized spacial score (nSPS) is 13.6. The number of halogens is 4. The summed E-state index contributed by atoms with van der Waals surface area (Å²) in [6.07, 6.45) is -4.64. The monoisotopic (exact) mass is 408 g/mol. The highest BCUT2D eigenvalue weighted by molar-refractivity contribution is 14.1. The van der Waals surface area contributed by atoms with Crippen LogP contribution in [0.1, 0.15) is 26.3 Å². The molecule has 0 bridgehead atoms. The largest absolute Gasteiger partial charge is 0.416 e. The van der Waals surface area contributed by atoms with E-state index in [1.165, 1.54) is 20.8 Å². The molecule has 0 amide bonds. The van der Waals surface area contributed by atoms with Crippen LogP contribution in [0.25, 0.3) is 0 Å². The number of rotatable bonds is 2. The van der Waals surface area contributed by atoms with Crippen LogP contribution in [0.3, 0.4) is 0 Å². The van der Waals surface area contributed by atoms with Crippen LogP contribution >= 0.6 is 21.2 Å². The lowest BCUT2D eigenvalue weighted by Crippen LogP contribution is -2.29. The molecule has 0 saturated heterocycles. The molecule has 0 aromatic heterocycles. The van der Waals surface area contributed by atoms with E-state index in [0.717, 1.165) is 12.1 Å². The third kappa shape index (κ3) is 3.33. The molecule has 0 atom stereocenters. The summed E-state index contributed by atoms with van der Waals surface area (Å²) in [4.78, 5) is -0.488. The van der Waals surface area contributed by atoms with Gasteiger partial charge in [-0.05, 0) is 39.0 Å². The standard InChI is InChI=1S/C11H12F3IO3S/c1-10(2,3)19(17,18)9-6-7(11(12,13)14)4-5-8(9)15-16/h4-6H,1-3H3. The summed E-state index contributed by atoms with van der Waals surface area (Å²) in [6, 6.07) is 2.28. The van der Waals surface area contributed by atoms with Crippen LogP contribution in [-0.2, 0) is 19.1 Å². The van der Waals surface area contributed by atoms with Gasteiger partial charge in [0.05, 0.1) is 18.8 Å². The predicted molar refractivity (Wildman–Crippen MR) is 71.8 cm³/mol. The van der Waals surface area contributed by atoms with Gasteiger partial charge in [0.1, 0.15) is 0 Å². The maximum absolute atomic E-state index is 12.6. The molecule has 0 heterocycles. The Morgan fingerprint density at radius 3 is 2.00 bits per heavy atom. The van der Waals surface area contributed by atoms with Crippen LogP contribution < -0.4 is 0 Å². The molecule has 108 valence electrons. The fourth-order valence-electron chi connectivity index (χ4n) is 1.28. The first kappa shape index (κ1) is 16.5. The quantitative estimate of drug-likeness (QED) is 0.701. The van der Waals surface area contributed by atoms with Crippen LogP contribution in [0.4, 0.5) is 13.2 Å². The Balaban J connectivity index is 3.63. The summed E-state index contributed by atoms with van der Waals surface area (Å²) in [5.74, 6) is 0. The van der Waals surface area contributed by atoms with Crippen LogP contribution in [-0.4, -0.2) is 13.2 Å². The molecular weight excluding hydrogens is 396 g/mol. The molecule has 0 radical (unpaired) electrons. The minimum atomic E-state index is -4.64. The van der Waals surface area contributed by atoms with Crippen molar-refractivity contribution in [1.29, 1.82) is 0 Å². The van der Waals surface area contributed by atoms with Crippen molar-refractivity contribution in [1.82, 2.24) is 0 Å². The zero-order valence-electron chi connectivity index (χ0n) is 10.4. The summed E-state index contributed by atoms with van der Waals surface area (Å²) in [7, 11) is -3.97. The fraction of sp³-hybridized carbons (Fsp3) is 0.455. The van der Waals surface area contributed by atoms with Gasteiger partial charge in [-0.25, -0.2) is 8.42 Å². The summed E-state index contributed by atoms with van der Waals surface area (Å²) in [5.41, 5.74) is -1.06. The highest BCUT2D eigenvalue weighted by atomic mass is 127. The topological polar surface area (TPSA) is 51.2 Å². The number of hydrogen-bond donors (Lipinski definition) is 0. The molecule has 1 rings (SSSR count). The second kappa shape index (κ2) is 5.12. The molecule has 0 N–H and O–H groups in total. The zero-order valence-corrected chi connectivity index (χ0v) is 13.4. The van der Waals surface area contributed by atoms with Gasteiger partial charge in [-0.15, -0.1) is 0 Å². The SMILES string of the molecule is CC(C)(C)S(=O)(=O)c1cc(C(F)(F)F)ccc1I=O. The Morgan fingerprint density at radius 1 is 1.11 bits per heavy atom. The molecule has 19 heavy (non-hydrogen) atoms. The molecule has 0 saturated carbocycles. The van der Waals surface area contributed by atoms with Crippen LogP contribution in [0.15, 0.2) is 23.1 Å². The van der Waals surface area contributed by atoms with E-state index in [-0.39, 0.29) is 3.57 Å². The Hall–Kier alpha value is -0.510. The molecule has 1 aromatic rings. The van der Waals surface area contributed by atoms with Gasteiger partial charge in [-0.1, -0.05) is 0 Å². The van der Waals surface area contributed by atoms with Gasteiger partial charge in [-0.2, -0.15) is 13.2 Å². The fourth-order valence-corrected chi connectivity index (χ4v) is 4.33. The lowest BCUT2D eigenvalue weighted by molar-refractivity contribution is -0.137. The summed E-state index contributed by atoms with van der Waals surface area (Å²) >= 11 is -1.87. The van der Waals surface area contributed by atoms with Crippen molar-refractivity contribution in [2.24, 2.45) is 0 Å². The Bertz CT molecular complexity index is 601. The van der Waals surface area contributed by atoms with E-state index in [2.05, 4.69) is 0 Å². The molecule has 0 aliphatic heterocycles. The number of sulfone groups is 1. The molecule has 0 unspecified atom stereocenters. The molecule has 8 heteroatoms. The minimum absolute atomic E-state index is 0.0401. The number of hydrogen-bond acceptors (Lipinski definition) is 3. The first-order valence-corrected chi connectivity index (χ1v) is 8.58. The van der Waals surface area contributed by atoms with E-state index < -0.39 is 52.4 Å². The molecule has 3 nitrogen and oxygen atoms in total. The second-order valence-corrected chi connectivity index (χ2v) is 9.11. The number of benzene rings is 1. The van der Waals surface area contributed by atoms with Crippen molar-refractivity contribution < 1.29 is 24.7 Å². The van der Waals surface area contributed by atoms with E-state index in [4.69, 9.17) is 0 Å². The second-order valence-electron chi connectivity index (χ2n) is 4.84. The van der Waals surface area contributed by atoms with Crippen molar-refractivity contribution in [3.63, 3.8) is 0 Å². The molecule has 1 aromatic carbocycles. The lowest BCUT2D eigenvalue weighted by atomic mass is 10.2. The van der Waals surface area contributed by atoms with Crippen molar-refractivity contribution in [2.75, 3.05) is 0 Å². The maximum Gasteiger partial charge on any atom is 0.416 e. The van der Waals surface area contributed by atoms with Gasteiger partial charge < -0.3 is 0 Å². The van der Waals surface area contributed by atoms with Gasteiger partial charge in [0.25, 0.3) is 0 Å². The molecule has 0 aliphatic carbocycles. The first-order valence-electron chi connectivity index (χ1n) is 5.14. The lowest BCUT2D eigenvalue weighted by Gasteiger charge is -2.21. The molecule has 0 fully saturated rings. The molecule has 0 spiro atoms. The van der Waals surface area contributed by atoms with Crippen LogP contribution in [0, 0.1) is 3.57 Å². The molecule has 0 aliphatic rings.